The van der Waals surface area contributed by atoms with Crippen LogP contribution >= 0.6 is 12.4 Å². The molecule has 3 rings (SSSR count). The van der Waals surface area contributed by atoms with E-state index in [0.717, 1.165) is 18.5 Å². The Hall–Kier alpha value is -1.39. The third-order valence-electron chi connectivity index (χ3n) is 3.31. The number of benzene rings is 1. The van der Waals surface area contributed by atoms with Crippen molar-refractivity contribution in [3.05, 3.63) is 41.7 Å². The molecule has 0 aliphatic carbocycles. The highest BCUT2D eigenvalue weighted by molar-refractivity contribution is 5.90. The smallest absolute Gasteiger partial charge is 0.169 e. The molecule has 2 nitrogen and oxygen atoms in total. The SMILES string of the molecule is CC1CC(c2cc(F)c(F)c3ccoc23)=CCN1.Cl. The van der Waals surface area contributed by atoms with Crippen molar-refractivity contribution in [1.82, 2.24) is 5.32 Å². The van der Waals surface area contributed by atoms with E-state index < -0.39 is 11.6 Å². The molecule has 1 N–H and O–H groups in total. The molecule has 1 aromatic carbocycles. The molecule has 1 aliphatic heterocycles. The lowest BCUT2D eigenvalue weighted by Crippen LogP contribution is -2.29. The molecule has 0 bridgehead atoms. The number of hydrogen-bond acceptors (Lipinski definition) is 2. The van der Waals surface area contributed by atoms with Gasteiger partial charge in [-0.1, -0.05) is 6.08 Å². The minimum Gasteiger partial charge on any atom is -0.464 e. The van der Waals surface area contributed by atoms with Crippen LogP contribution in [0.3, 0.4) is 0 Å². The summed E-state index contributed by atoms with van der Waals surface area (Å²) in [6.07, 6.45) is 4.16. The summed E-state index contributed by atoms with van der Waals surface area (Å²) >= 11 is 0. The van der Waals surface area contributed by atoms with Crippen molar-refractivity contribution < 1.29 is 13.2 Å². The topological polar surface area (TPSA) is 25.2 Å². The van der Waals surface area contributed by atoms with Crippen LogP contribution in [0.5, 0.6) is 0 Å². The van der Waals surface area contributed by atoms with E-state index in [4.69, 9.17) is 4.42 Å². The summed E-state index contributed by atoms with van der Waals surface area (Å²) in [7, 11) is 0. The summed E-state index contributed by atoms with van der Waals surface area (Å²) in [6.45, 7) is 2.80. The van der Waals surface area contributed by atoms with Gasteiger partial charge in [-0.2, -0.15) is 0 Å². The molecule has 1 unspecified atom stereocenters. The molecule has 102 valence electrons. The van der Waals surface area contributed by atoms with Crippen molar-refractivity contribution in [2.75, 3.05) is 6.54 Å². The minimum absolute atomic E-state index is 0. The molecule has 19 heavy (non-hydrogen) atoms. The van der Waals surface area contributed by atoms with E-state index in [1.165, 1.54) is 18.4 Å². The summed E-state index contributed by atoms with van der Waals surface area (Å²) < 4.78 is 32.5. The first-order valence-corrected chi connectivity index (χ1v) is 5.95. The Kier molecular flexibility index (Phi) is 3.92. The van der Waals surface area contributed by atoms with E-state index in [9.17, 15) is 8.78 Å². The molecule has 0 amide bonds. The van der Waals surface area contributed by atoms with Gasteiger partial charge in [0.05, 0.1) is 11.6 Å². The van der Waals surface area contributed by atoms with Crippen molar-refractivity contribution in [2.45, 2.75) is 19.4 Å². The summed E-state index contributed by atoms with van der Waals surface area (Å²) in [5.41, 5.74) is 2.08. The highest BCUT2D eigenvalue weighted by Crippen LogP contribution is 2.32. The van der Waals surface area contributed by atoms with Crippen LogP contribution < -0.4 is 5.32 Å². The molecule has 0 spiro atoms. The van der Waals surface area contributed by atoms with Gasteiger partial charge in [-0.25, -0.2) is 8.78 Å². The molecule has 0 radical (unpaired) electrons. The molecule has 0 saturated carbocycles. The second-order valence-corrected chi connectivity index (χ2v) is 4.63. The van der Waals surface area contributed by atoms with Gasteiger partial charge in [-0.15, -0.1) is 12.4 Å². The summed E-state index contributed by atoms with van der Waals surface area (Å²) in [5, 5.41) is 3.48. The molecule has 2 heterocycles. The van der Waals surface area contributed by atoms with Crippen molar-refractivity contribution in [3.63, 3.8) is 0 Å². The number of fused-ring (bicyclic) bond motifs is 1. The van der Waals surface area contributed by atoms with Gasteiger partial charge in [-0.3, -0.25) is 0 Å². The number of rotatable bonds is 1. The Morgan fingerprint density at radius 1 is 1.37 bits per heavy atom. The van der Waals surface area contributed by atoms with Crippen molar-refractivity contribution >= 4 is 28.9 Å². The average Bonchev–Trinajstić information content (AvgIpc) is 2.83. The predicted molar refractivity (Wildman–Crippen MR) is 73.4 cm³/mol. The Morgan fingerprint density at radius 3 is 2.89 bits per heavy atom. The maximum atomic E-state index is 13.6. The van der Waals surface area contributed by atoms with E-state index >= 15 is 0 Å². The van der Waals surface area contributed by atoms with Gasteiger partial charge in [0.1, 0.15) is 5.58 Å². The van der Waals surface area contributed by atoms with E-state index in [-0.39, 0.29) is 17.8 Å². The molecular weight excluding hydrogens is 272 g/mol. The van der Waals surface area contributed by atoms with E-state index in [0.29, 0.717) is 17.2 Å². The molecule has 1 aliphatic rings. The Morgan fingerprint density at radius 2 is 2.16 bits per heavy atom. The maximum absolute atomic E-state index is 13.6. The fourth-order valence-corrected chi connectivity index (χ4v) is 2.40. The Bertz CT molecular complexity index is 636. The molecule has 0 saturated heterocycles. The Balaban J connectivity index is 0.00000133. The lowest BCUT2D eigenvalue weighted by atomic mass is 9.95. The highest BCUT2D eigenvalue weighted by atomic mass is 35.5. The number of nitrogens with one attached hydrogen (secondary N) is 1. The first-order chi connectivity index (χ1) is 8.66. The molecule has 0 fully saturated rings. The average molecular weight is 286 g/mol. The summed E-state index contributed by atoms with van der Waals surface area (Å²) in [4.78, 5) is 0. The van der Waals surface area contributed by atoms with Crippen LogP contribution in [0, 0.1) is 11.6 Å². The molecule has 1 aromatic heterocycles. The second-order valence-electron chi connectivity index (χ2n) is 4.63. The Labute approximate surface area is 115 Å². The maximum Gasteiger partial charge on any atom is 0.169 e. The fraction of sp³-hybridized carbons (Fsp3) is 0.286. The van der Waals surface area contributed by atoms with Crippen LogP contribution in [0.1, 0.15) is 18.9 Å². The van der Waals surface area contributed by atoms with Crippen molar-refractivity contribution in [1.29, 1.82) is 0 Å². The zero-order valence-corrected chi connectivity index (χ0v) is 11.2. The van der Waals surface area contributed by atoms with Gasteiger partial charge in [0, 0.05) is 18.2 Å². The van der Waals surface area contributed by atoms with Gasteiger partial charge in [0.25, 0.3) is 0 Å². The standard InChI is InChI=1S/C14H13F2NO.ClH/c1-8-6-9(2-4-17-8)11-7-12(15)13(16)10-3-5-18-14(10)11;/h2-3,5,7-8,17H,4,6H2,1H3;1H. The summed E-state index contributed by atoms with van der Waals surface area (Å²) in [5.74, 6) is -1.67. The van der Waals surface area contributed by atoms with Crippen LogP contribution in [0.2, 0.25) is 0 Å². The molecule has 5 heteroatoms. The minimum atomic E-state index is -0.843. The predicted octanol–water partition coefficient (Wildman–Crippen LogP) is 3.90. The normalized spacial score (nSPS) is 19.1. The highest BCUT2D eigenvalue weighted by Gasteiger charge is 2.19. The lowest BCUT2D eigenvalue weighted by molar-refractivity contribution is 0.514. The first kappa shape index (κ1) is 14.0. The van der Waals surface area contributed by atoms with Gasteiger partial charge in [0.15, 0.2) is 11.6 Å². The zero-order valence-electron chi connectivity index (χ0n) is 10.4. The third kappa shape index (κ3) is 2.38. The quantitative estimate of drug-likeness (QED) is 0.860. The van der Waals surface area contributed by atoms with Crippen LogP contribution in [0.25, 0.3) is 16.5 Å². The number of furan rings is 1. The van der Waals surface area contributed by atoms with Crippen LogP contribution in [-0.2, 0) is 0 Å². The molecule has 2 aromatic rings. The van der Waals surface area contributed by atoms with Gasteiger partial charge < -0.3 is 9.73 Å². The van der Waals surface area contributed by atoms with Gasteiger partial charge in [0.2, 0.25) is 0 Å². The van der Waals surface area contributed by atoms with Gasteiger partial charge in [-0.05, 0) is 31.1 Å². The second kappa shape index (κ2) is 5.31. The van der Waals surface area contributed by atoms with Crippen LogP contribution in [-0.4, -0.2) is 12.6 Å². The van der Waals surface area contributed by atoms with Crippen molar-refractivity contribution in [3.8, 4) is 0 Å². The van der Waals surface area contributed by atoms with E-state index in [2.05, 4.69) is 12.2 Å². The summed E-state index contributed by atoms with van der Waals surface area (Å²) in [6, 6.07) is 3.01. The fourth-order valence-electron chi connectivity index (χ4n) is 2.40. The van der Waals surface area contributed by atoms with Crippen LogP contribution in [0.4, 0.5) is 8.78 Å². The molecular formula is C14H14ClF2NO. The number of hydrogen-bond donors (Lipinski definition) is 1. The first-order valence-electron chi connectivity index (χ1n) is 5.95. The lowest BCUT2D eigenvalue weighted by Gasteiger charge is -2.21. The number of halogens is 3. The zero-order chi connectivity index (χ0) is 12.7. The van der Waals surface area contributed by atoms with Crippen molar-refractivity contribution in [2.24, 2.45) is 0 Å². The largest absolute Gasteiger partial charge is 0.464 e. The van der Waals surface area contributed by atoms with E-state index in [1.807, 2.05) is 6.08 Å². The monoisotopic (exact) mass is 285 g/mol. The third-order valence-corrected chi connectivity index (χ3v) is 3.31. The van der Waals surface area contributed by atoms with E-state index in [1.54, 1.807) is 0 Å². The van der Waals surface area contributed by atoms with Crippen LogP contribution in [0.15, 0.2) is 28.9 Å². The van der Waals surface area contributed by atoms with Gasteiger partial charge >= 0.3 is 0 Å². The molecule has 1 atom stereocenters.